The maximum Gasteiger partial charge on any atom is 0.261 e. The van der Waals surface area contributed by atoms with Gasteiger partial charge in [-0.1, -0.05) is 30.3 Å². The fourth-order valence-electron chi connectivity index (χ4n) is 2.49. The molecule has 3 rings (SSSR count). The minimum Gasteiger partial charge on any atom is -0.351 e. The summed E-state index contributed by atoms with van der Waals surface area (Å²) < 4.78 is 0. The molecular weight excluding hydrogens is 332 g/mol. The maximum atomic E-state index is 12.5. The van der Waals surface area contributed by atoms with Gasteiger partial charge in [-0.3, -0.25) is 14.6 Å². The fourth-order valence-corrected chi connectivity index (χ4v) is 3.37. The van der Waals surface area contributed by atoms with Gasteiger partial charge >= 0.3 is 0 Å². The summed E-state index contributed by atoms with van der Waals surface area (Å²) in [5, 5.41) is 2.90. The average Bonchev–Trinajstić information content (AvgIpc) is 3.13. The Balaban J connectivity index is 1.62. The summed E-state index contributed by atoms with van der Waals surface area (Å²) in [5.74, 6) is -0.248. The molecule has 0 saturated carbocycles. The Morgan fingerprint density at radius 1 is 1.00 bits per heavy atom. The minimum atomic E-state index is -0.150. The predicted molar refractivity (Wildman–Crippen MR) is 99.2 cm³/mol. The summed E-state index contributed by atoms with van der Waals surface area (Å²) in [4.78, 5) is 30.0. The molecule has 1 N–H and O–H groups in total. The summed E-state index contributed by atoms with van der Waals surface area (Å²) in [7, 11) is 0. The second-order valence-corrected chi connectivity index (χ2v) is 6.70. The van der Waals surface area contributed by atoms with Crippen molar-refractivity contribution in [1.29, 1.82) is 0 Å². The van der Waals surface area contributed by atoms with Crippen LogP contribution in [0.2, 0.25) is 0 Å². The molecule has 1 aromatic carbocycles. The second-order valence-electron chi connectivity index (χ2n) is 5.62. The Morgan fingerprint density at radius 2 is 1.76 bits per heavy atom. The van der Waals surface area contributed by atoms with Gasteiger partial charge in [0.05, 0.1) is 9.75 Å². The topological polar surface area (TPSA) is 59.1 Å². The number of hydrogen-bond acceptors (Lipinski definition) is 4. The van der Waals surface area contributed by atoms with E-state index in [0.29, 0.717) is 27.6 Å². The van der Waals surface area contributed by atoms with Crippen LogP contribution in [-0.4, -0.2) is 23.2 Å². The van der Waals surface area contributed by atoms with Crippen molar-refractivity contribution in [2.45, 2.75) is 13.3 Å². The number of rotatable bonds is 6. The van der Waals surface area contributed by atoms with Gasteiger partial charge in [0.1, 0.15) is 0 Å². The third-order valence-electron chi connectivity index (χ3n) is 3.85. The zero-order chi connectivity index (χ0) is 17.6. The lowest BCUT2D eigenvalue weighted by Crippen LogP contribution is -2.24. The van der Waals surface area contributed by atoms with Gasteiger partial charge in [-0.2, -0.15) is 0 Å². The van der Waals surface area contributed by atoms with Crippen LogP contribution < -0.4 is 5.32 Å². The van der Waals surface area contributed by atoms with E-state index in [4.69, 9.17) is 0 Å². The highest BCUT2D eigenvalue weighted by atomic mass is 32.1. The third kappa shape index (κ3) is 4.19. The lowest BCUT2D eigenvalue weighted by atomic mass is 10.1. The van der Waals surface area contributed by atoms with Crippen LogP contribution in [0.4, 0.5) is 0 Å². The van der Waals surface area contributed by atoms with E-state index in [0.717, 1.165) is 6.42 Å². The Labute approximate surface area is 150 Å². The number of nitrogens with one attached hydrogen (secondary N) is 1. The van der Waals surface area contributed by atoms with Crippen molar-refractivity contribution >= 4 is 23.0 Å². The summed E-state index contributed by atoms with van der Waals surface area (Å²) >= 11 is 1.21. The standard InChI is InChI=1S/C20H18N2O2S/c1-14-16(8-5-12-21-14)19(23)17-9-10-18(25-17)20(24)22-13-11-15-6-3-2-4-7-15/h2-10,12H,11,13H2,1H3,(H,22,24). The first-order valence-corrected chi connectivity index (χ1v) is 8.85. The predicted octanol–water partition coefficient (Wildman–Crippen LogP) is 3.66. The van der Waals surface area contributed by atoms with Crippen molar-refractivity contribution in [3.05, 3.63) is 87.4 Å². The summed E-state index contributed by atoms with van der Waals surface area (Å²) in [6.45, 7) is 2.36. The van der Waals surface area contributed by atoms with Crippen molar-refractivity contribution < 1.29 is 9.59 Å². The van der Waals surface area contributed by atoms with Crippen LogP contribution in [0.15, 0.2) is 60.8 Å². The molecule has 2 aromatic heterocycles. The van der Waals surface area contributed by atoms with Gasteiger partial charge in [0.2, 0.25) is 5.78 Å². The molecule has 0 aliphatic rings. The Bertz CT molecular complexity index is 887. The number of aryl methyl sites for hydroxylation is 1. The molecule has 0 aliphatic carbocycles. The number of ketones is 1. The Kier molecular flexibility index (Phi) is 5.36. The van der Waals surface area contributed by atoms with Crippen molar-refractivity contribution in [2.75, 3.05) is 6.54 Å². The molecule has 126 valence electrons. The number of hydrogen-bond donors (Lipinski definition) is 1. The number of nitrogens with zero attached hydrogens (tertiary/aromatic N) is 1. The first kappa shape index (κ1) is 17.0. The molecule has 25 heavy (non-hydrogen) atoms. The molecule has 0 atom stereocenters. The zero-order valence-electron chi connectivity index (χ0n) is 13.9. The van der Waals surface area contributed by atoms with Crippen LogP contribution in [0.3, 0.4) is 0 Å². The highest BCUT2D eigenvalue weighted by Gasteiger charge is 2.16. The van der Waals surface area contributed by atoms with E-state index >= 15 is 0 Å². The lowest BCUT2D eigenvalue weighted by Gasteiger charge is -2.04. The molecule has 4 nitrogen and oxygen atoms in total. The minimum absolute atomic E-state index is 0.0982. The number of amides is 1. The fraction of sp³-hybridized carbons (Fsp3) is 0.150. The summed E-state index contributed by atoms with van der Waals surface area (Å²) in [6, 6.07) is 16.9. The van der Waals surface area contributed by atoms with E-state index in [9.17, 15) is 9.59 Å². The van der Waals surface area contributed by atoms with Gasteiger partial charge < -0.3 is 5.32 Å². The lowest BCUT2D eigenvalue weighted by molar-refractivity contribution is 0.0957. The van der Waals surface area contributed by atoms with Gasteiger partial charge in [0.15, 0.2) is 0 Å². The first-order valence-electron chi connectivity index (χ1n) is 8.03. The molecule has 0 radical (unpaired) electrons. The molecular formula is C20H18N2O2S. The van der Waals surface area contributed by atoms with Gasteiger partial charge in [0.25, 0.3) is 5.91 Å². The number of thiophene rings is 1. The molecule has 0 unspecified atom stereocenters. The third-order valence-corrected chi connectivity index (χ3v) is 4.93. The molecule has 0 aliphatic heterocycles. The zero-order valence-corrected chi connectivity index (χ0v) is 14.7. The quantitative estimate of drug-likeness (QED) is 0.690. The van der Waals surface area contributed by atoms with E-state index in [1.807, 2.05) is 30.3 Å². The smallest absolute Gasteiger partial charge is 0.261 e. The normalized spacial score (nSPS) is 10.4. The molecule has 1 amide bonds. The SMILES string of the molecule is Cc1ncccc1C(=O)c1ccc(C(=O)NCCc2ccccc2)s1. The van der Waals surface area contributed by atoms with E-state index in [2.05, 4.69) is 10.3 Å². The first-order chi connectivity index (χ1) is 12.1. The van der Waals surface area contributed by atoms with Crippen molar-refractivity contribution in [1.82, 2.24) is 10.3 Å². The largest absolute Gasteiger partial charge is 0.351 e. The van der Waals surface area contributed by atoms with E-state index in [1.54, 1.807) is 37.4 Å². The molecule has 0 spiro atoms. The van der Waals surface area contributed by atoms with Crippen LogP contribution in [0, 0.1) is 6.92 Å². The van der Waals surface area contributed by atoms with Crippen LogP contribution >= 0.6 is 11.3 Å². The average molecular weight is 350 g/mol. The van der Waals surface area contributed by atoms with Gasteiger partial charge in [-0.15, -0.1) is 11.3 Å². The van der Waals surface area contributed by atoms with Gasteiger partial charge in [0, 0.05) is 24.0 Å². The van der Waals surface area contributed by atoms with Crippen molar-refractivity contribution in [3.8, 4) is 0 Å². The van der Waals surface area contributed by atoms with Gasteiger partial charge in [-0.05, 0) is 43.2 Å². The number of pyridine rings is 1. The van der Waals surface area contributed by atoms with E-state index in [1.165, 1.54) is 16.9 Å². The van der Waals surface area contributed by atoms with Crippen molar-refractivity contribution in [3.63, 3.8) is 0 Å². The number of benzene rings is 1. The van der Waals surface area contributed by atoms with Crippen LogP contribution in [0.5, 0.6) is 0 Å². The molecule has 5 heteroatoms. The van der Waals surface area contributed by atoms with Crippen LogP contribution in [0.1, 0.15) is 36.2 Å². The van der Waals surface area contributed by atoms with Crippen molar-refractivity contribution in [2.24, 2.45) is 0 Å². The Hall–Kier alpha value is -2.79. The molecule has 0 saturated heterocycles. The second kappa shape index (κ2) is 7.85. The number of carbonyl (C=O) groups excluding carboxylic acids is 2. The Morgan fingerprint density at radius 3 is 2.52 bits per heavy atom. The summed E-state index contributed by atoms with van der Waals surface area (Å²) in [5.41, 5.74) is 2.44. The number of carbonyl (C=O) groups is 2. The summed E-state index contributed by atoms with van der Waals surface area (Å²) in [6.07, 6.45) is 2.44. The highest BCUT2D eigenvalue weighted by Crippen LogP contribution is 2.21. The number of aromatic nitrogens is 1. The highest BCUT2D eigenvalue weighted by molar-refractivity contribution is 7.16. The maximum absolute atomic E-state index is 12.5. The van der Waals surface area contributed by atoms with Crippen LogP contribution in [0.25, 0.3) is 0 Å². The molecule has 0 fully saturated rings. The molecule has 0 bridgehead atoms. The van der Waals surface area contributed by atoms with Crippen LogP contribution in [-0.2, 0) is 6.42 Å². The molecule has 2 heterocycles. The molecule has 3 aromatic rings. The van der Waals surface area contributed by atoms with Gasteiger partial charge in [-0.25, -0.2) is 0 Å². The van der Waals surface area contributed by atoms with E-state index < -0.39 is 0 Å². The van der Waals surface area contributed by atoms with E-state index in [-0.39, 0.29) is 11.7 Å². The monoisotopic (exact) mass is 350 g/mol.